The maximum atomic E-state index is 13.3. The van der Waals surface area contributed by atoms with Crippen LogP contribution in [0, 0.1) is 11.7 Å². The molecule has 2 amide bonds. The van der Waals surface area contributed by atoms with E-state index in [-0.39, 0.29) is 17.7 Å². The minimum Gasteiger partial charge on any atom is -0.374 e. The lowest BCUT2D eigenvalue weighted by Gasteiger charge is -2.31. The van der Waals surface area contributed by atoms with Crippen molar-refractivity contribution >= 4 is 28.3 Å². The highest BCUT2D eigenvalue weighted by atomic mass is 32.1. The Morgan fingerprint density at radius 3 is 2.81 bits per heavy atom. The van der Waals surface area contributed by atoms with Gasteiger partial charge < -0.3 is 15.0 Å². The molecule has 1 aliphatic rings. The van der Waals surface area contributed by atoms with E-state index in [1.165, 1.54) is 29.5 Å². The topological polar surface area (TPSA) is 84.4 Å². The van der Waals surface area contributed by atoms with Gasteiger partial charge in [0.2, 0.25) is 11.0 Å². The van der Waals surface area contributed by atoms with Crippen LogP contribution < -0.4 is 5.32 Å². The molecule has 0 aliphatic carbocycles. The maximum Gasteiger partial charge on any atom is 0.253 e. The van der Waals surface area contributed by atoms with Crippen LogP contribution in [0.15, 0.2) is 24.3 Å². The third kappa shape index (κ3) is 5.08. The second-order valence-corrected chi connectivity index (χ2v) is 7.27. The molecule has 2 heterocycles. The summed E-state index contributed by atoms with van der Waals surface area (Å²) in [5, 5.41) is 11.9. The van der Waals surface area contributed by atoms with Gasteiger partial charge in [0.05, 0.1) is 0 Å². The van der Waals surface area contributed by atoms with Crippen molar-refractivity contribution in [1.29, 1.82) is 0 Å². The van der Waals surface area contributed by atoms with Gasteiger partial charge in [-0.2, -0.15) is 0 Å². The van der Waals surface area contributed by atoms with Gasteiger partial charge in [-0.25, -0.2) is 4.39 Å². The van der Waals surface area contributed by atoms with E-state index in [1.807, 2.05) is 6.92 Å². The number of anilines is 1. The Bertz CT molecular complexity index is 805. The number of carbonyl (C=O) groups is 2. The molecule has 27 heavy (non-hydrogen) atoms. The van der Waals surface area contributed by atoms with Gasteiger partial charge in [0, 0.05) is 31.2 Å². The van der Waals surface area contributed by atoms with Crippen LogP contribution in [0.2, 0.25) is 0 Å². The van der Waals surface area contributed by atoms with Gasteiger partial charge in [-0.05, 0) is 38.0 Å². The summed E-state index contributed by atoms with van der Waals surface area (Å²) in [6, 6.07) is 5.65. The predicted octanol–water partition coefficient (Wildman–Crippen LogP) is 2.70. The molecular formula is C18H21FN4O3S. The molecule has 0 bridgehead atoms. The lowest BCUT2D eigenvalue weighted by molar-refractivity contribution is -0.121. The minimum absolute atomic E-state index is 0.119. The summed E-state index contributed by atoms with van der Waals surface area (Å²) in [6.07, 6.45) is 1.11. The van der Waals surface area contributed by atoms with E-state index in [0.29, 0.717) is 54.8 Å². The SMILES string of the molecule is CCOCc1nnc(NC(=O)C2CCN(C(=O)c3cccc(F)c3)CC2)s1. The Labute approximate surface area is 160 Å². The zero-order chi connectivity index (χ0) is 19.2. The van der Waals surface area contributed by atoms with E-state index in [2.05, 4.69) is 15.5 Å². The highest BCUT2D eigenvalue weighted by molar-refractivity contribution is 7.15. The highest BCUT2D eigenvalue weighted by Gasteiger charge is 2.28. The first-order chi connectivity index (χ1) is 13.1. The summed E-state index contributed by atoms with van der Waals surface area (Å²) in [7, 11) is 0. The van der Waals surface area contributed by atoms with Crippen LogP contribution in [-0.4, -0.2) is 46.6 Å². The molecule has 1 aliphatic heterocycles. The van der Waals surface area contributed by atoms with Gasteiger partial charge in [0.1, 0.15) is 17.4 Å². The Hall–Kier alpha value is -2.39. The minimum atomic E-state index is -0.434. The average molecular weight is 392 g/mol. The molecule has 3 rings (SSSR count). The number of hydrogen-bond donors (Lipinski definition) is 1. The summed E-state index contributed by atoms with van der Waals surface area (Å²) in [4.78, 5) is 26.5. The number of piperidine rings is 1. The number of likely N-dealkylation sites (tertiary alicyclic amines) is 1. The van der Waals surface area contributed by atoms with Crippen LogP contribution in [-0.2, 0) is 16.1 Å². The second-order valence-electron chi connectivity index (χ2n) is 6.20. The fraction of sp³-hybridized carbons (Fsp3) is 0.444. The van der Waals surface area contributed by atoms with Crippen molar-refractivity contribution < 1.29 is 18.7 Å². The molecular weight excluding hydrogens is 371 g/mol. The molecule has 1 N–H and O–H groups in total. The lowest BCUT2D eigenvalue weighted by Crippen LogP contribution is -2.41. The van der Waals surface area contributed by atoms with Crippen molar-refractivity contribution in [3.8, 4) is 0 Å². The number of nitrogens with one attached hydrogen (secondary N) is 1. The number of ether oxygens (including phenoxy) is 1. The number of carbonyl (C=O) groups excluding carboxylic acids is 2. The molecule has 0 atom stereocenters. The molecule has 7 nitrogen and oxygen atoms in total. The molecule has 1 aromatic carbocycles. The van der Waals surface area contributed by atoms with Gasteiger partial charge in [-0.15, -0.1) is 10.2 Å². The number of halogens is 1. The third-order valence-electron chi connectivity index (χ3n) is 4.35. The summed E-state index contributed by atoms with van der Waals surface area (Å²) < 4.78 is 18.6. The molecule has 1 aromatic heterocycles. The molecule has 0 radical (unpaired) electrons. The highest BCUT2D eigenvalue weighted by Crippen LogP contribution is 2.23. The molecule has 0 spiro atoms. The van der Waals surface area contributed by atoms with Crippen molar-refractivity contribution in [1.82, 2.24) is 15.1 Å². The normalized spacial score (nSPS) is 15.0. The molecule has 2 aromatic rings. The van der Waals surface area contributed by atoms with Crippen LogP contribution in [0.25, 0.3) is 0 Å². The van der Waals surface area contributed by atoms with E-state index in [0.717, 1.165) is 0 Å². The summed E-state index contributed by atoms with van der Waals surface area (Å²) in [5.41, 5.74) is 0.327. The van der Waals surface area contributed by atoms with Crippen LogP contribution in [0.3, 0.4) is 0 Å². The Morgan fingerprint density at radius 1 is 1.33 bits per heavy atom. The van der Waals surface area contributed by atoms with Gasteiger partial charge in [0.25, 0.3) is 5.91 Å². The Morgan fingerprint density at radius 2 is 2.11 bits per heavy atom. The Balaban J connectivity index is 1.50. The van der Waals surface area contributed by atoms with Crippen LogP contribution >= 0.6 is 11.3 Å². The van der Waals surface area contributed by atoms with Gasteiger partial charge in [0.15, 0.2) is 0 Å². The zero-order valence-corrected chi connectivity index (χ0v) is 15.8. The van der Waals surface area contributed by atoms with Crippen LogP contribution in [0.1, 0.15) is 35.1 Å². The molecule has 0 unspecified atom stereocenters. The fourth-order valence-electron chi connectivity index (χ4n) is 2.91. The number of benzene rings is 1. The van der Waals surface area contributed by atoms with E-state index in [9.17, 15) is 14.0 Å². The largest absolute Gasteiger partial charge is 0.374 e. The third-order valence-corrected chi connectivity index (χ3v) is 5.16. The summed E-state index contributed by atoms with van der Waals surface area (Å²) in [5.74, 6) is -0.957. The first-order valence-electron chi connectivity index (χ1n) is 8.82. The van der Waals surface area contributed by atoms with E-state index < -0.39 is 5.82 Å². The van der Waals surface area contributed by atoms with Gasteiger partial charge in [-0.1, -0.05) is 17.4 Å². The summed E-state index contributed by atoms with van der Waals surface area (Å²) >= 11 is 1.29. The first kappa shape index (κ1) is 19.4. The van der Waals surface area contributed by atoms with Crippen LogP contribution in [0.4, 0.5) is 9.52 Å². The predicted molar refractivity (Wildman–Crippen MR) is 98.9 cm³/mol. The molecule has 0 saturated carbocycles. The van der Waals surface area contributed by atoms with E-state index in [4.69, 9.17) is 4.74 Å². The standard InChI is InChI=1S/C18H21FN4O3S/c1-2-26-11-15-21-22-18(27-15)20-16(24)12-6-8-23(9-7-12)17(25)13-4-3-5-14(19)10-13/h3-5,10,12H,2,6-9,11H2,1H3,(H,20,22,24). The number of rotatable bonds is 6. The lowest BCUT2D eigenvalue weighted by atomic mass is 9.95. The zero-order valence-electron chi connectivity index (χ0n) is 15.0. The number of amides is 2. The fourth-order valence-corrected chi connectivity index (χ4v) is 3.59. The van der Waals surface area contributed by atoms with Crippen molar-refractivity contribution in [2.24, 2.45) is 5.92 Å². The number of hydrogen-bond acceptors (Lipinski definition) is 6. The summed E-state index contributed by atoms with van der Waals surface area (Å²) in [6.45, 7) is 3.78. The first-order valence-corrected chi connectivity index (χ1v) is 9.64. The van der Waals surface area contributed by atoms with Crippen molar-refractivity contribution in [3.05, 3.63) is 40.7 Å². The monoisotopic (exact) mass is 392 g/mol. The van der Waals surface area contributed by atoms with Gasteiger partial charge in [-0.3, -0.25) is 9.59 Å². The average Bonchev–Trinajstić information content (AvgIpc) is 3.13. The van der Waals surface area contributed by atoms with Gasteiger partial charge >= 0.3 is 0 Å². The second kappa shape index (κ2) is 9.01. The van der Waals surface area contributed by atoms with Crippen molar-refractivity contribution in [2.75, 3.05) is 25.0 Å². The van der Waals surface area contributed by atoms with Crippen molar-refractivity contribution in [3.63, 3.8) is 0 Å². The molecule has 144 valence electrons. The molecule has 1 fully saturated rings. The van der Waals surface area contributed by atoms with Crippen molar-refractivity contribution in [2.45, 2.75) is 26.4 Å². The number of aromatic nitrogens is 2. The smallest absolute Gasteiger partial charge is 0.253 e. The van der Waals surface area contributed by atoms with E-state index >= 15 is 0 Å². The van der Waals surface area contributed by atoms with Crippen LogP contribution in [0.5, 0.6) is 0 Å². The van der Waals surface area contributed by atoms with E-state index in [1.54, 1.807) is 11.0 Å². The molecule has 1 saturated heterocycles. The number of nitrogens with zero attached hydrogens (tertiary/aromatic N) is 3. The maximum absolute atomic E-state index is 13.3. The molecule has 9 heteroatoms. The Kier molecular flexibility index (Phi) is 6.46. The quantitative estimate of drug-likeness (QED) is 0.817.